The van der Waals surface area contributed by atoms with E-state index in [1.807, 2.05) is 12.1 Å². The molecule has 1 N–H and O–H groups in total. The predicted molar refractivity (Wildman–Crippen MR) is 90.0 cm³/mol. The van der Waals surface area contributed by atoms with Crippen LogP contribution in [0.25, 0.3) is 0 Å². The molecule has 0 aliphatic carbocycles. The lowest BCUT2D eigenvalue weighted by molar-refractivity contribution is 0.0910. The zero-order valence-electron chi connectivity index (χ0n) is 13.9. The fraction of sp³-hybridized carbons (Fsp3) is 0.444. The van der Waals surface area contributed by atoms with Gasteiger partial charge < -0.3 is 14.5 Å². The van der Waals surface area contributed by atoms with Gasteiger partial charge in [0.1, 0.15) is 11.3 Å². The van der Waals surface area contributed by atoms with Crippen molar-refractivity contribution in [2.24, 2.45) is 0 Å². The third-order valence-electron chi connectivity index (χ3n) is 4.37. The van der Waals surface area contributed by atoms with E-state index in [2.05, 4.69) is 15.2 Å². The minimum Gasteiger partial charge on any atom is -0.480 e. The Kier molecular flexibility index (Phi) is 5.48. The van der Waals surface area contributed by atoms with E-state index in [9.17, 15) is 4.79 Å². The van der Waals surface area contributed by atoms with Gasteiger partial charge >= 0.3 is 0 Å². The quantitative estimate of drug-likeness (QED) is 0.882. The maximum Gasteiger partial charge on any atom is 0.256 e. The number of furan rings is 1. The number of piperidine rings is 1. The fourth-order valence-electron chi connectivity index (χ4n) is 3.13. The number of nitrogens with zero attached hydrogens (tertiary/aromatic N) is 2. The molecule has 0 saturated carbocycles. The minimum absolute atomic E-state index is 0.0481. The van der Waals surface area contributed by atoms with Gasteiger partial charge in [-0.3, -0.25) is 9.69 Å². The number of hydrogen-bond acceptors (Lipinski definition) is 5. The van der Waals surface area contributed by atoms with Crippen molar-refractivity contribution in [3.05, 3.63) is 48.0 Å². The number of nitrogens with one attached hydrogen (secondary N) is 1. The zero-order chi connectivity index (χ0) is 16.8. The van der Waals surface area contributed by atoms with Gasteiger partial charge in [0, 0.05) is 12.7 Å². The van der Waals surface area contributed by atoms with Crippen LogP contribution in [0.2, 0.25) is 0 Å². The van der Waals surface area contributed by atoms with Crippen molar-refractivity contribution in [2.75, 3.05) is 26.7 Å². The van der Waals surface area contributed by atoms with Gasteiger partial charge in [-0.1, -0.05) is 6.42 Å². The Balaban J connectivity index is 1.70. The summed E-state index contributed by atoms with van der Waals surface area (Å²) in [5.41, 5.74) is 0.442. The van der Waals surface area contributed by atoms with Gasteiger partial charge in [-0.25, -0.2) is 4.98 Å². The number of pyridine rings is 1. The Morgan fingerprint density at radius 3 is 2.88 bits per heavy atom. The maximum atomic E-state index is 12.5. The van der Waals surface area contributed by atoms with E-state index in [0.717, 1.165) is 18.8 Å². The summed E-state index contributed by atoms with van der Waals surface area (Å²) in [6.07, 6.45) is 6.91. The topological polar surface area (TPSA) is 67.6 Å². The Morgan fingerprint density at radius 2 is 2.17 bits per heavy atom. The molecular formula is C18H23N3O3. The molecular weight excluding hydrogens is 306 g/mol. The Bertz CT molecular complexity index is 651. The summed E-state index contributed by atoms with van der Waals surface area (Å²) in [6, 6.07) is 7.34. The van der Waals surface area contributed by atoms with Gasteiger partial charge in [-0.2, -0.15) is 0 Å². The molecule has 6 heteroatoms. The number of aromatic nitrogens is 1. The molecule has 3 rings (SSSR count). The monoisotopic (exact) mass is 329 g/mol. The summed E-state index contributed by atoms with van der Waals surface area (Å²) in [6.45, 7) is 2.54. The van der Waals surface area contributed by atoms with E-state index in [-0.39, 0.29) is 11.9 Å². The predicted octanol–water partition coefficient (Wildman–Crippen LogP) is 2.64. The highest BCUT2D eigenvalue weighted by molar-refractivity contribution is 5.96. The Hall–Kier alpha value is -2.34. The van der Waals surface area contributed by atoms with Crippen LogP contribution < -0.4 is 10.1 Å². The normalized spacial score (nSPS) is 16.5. The van der Waals surface area contributed by atoms with Crippen LogP contribution >= 0.6 is 0 Å². The zero-order valence-corrected chi connectivity index (χ0v) is 13.9. The summed E-state index contributed by atoms with van der Waals surface area (Å²) in [5.74, 6) is 1.03. The van der Waals surface area contributed by atoms with Crippen molar-refractivity contribution in [1.82, 2.24) is 15.2 Å². The molecule has 0 unspecified atom stereocenters. The standard InChI is InChI=1S/C18H23N3O3/c1-23-18-14(7-5-9-19-18)17(22)20-13-15(16-8-6-12-24-16)21-10-3-2-4-11-21/h5-9,12,15H,2-4,10-11,13H2,1H3,(H,20,22)/t15-/m0/s1. The minimum atomic E-state index is -0.187. The average molecular weight is 329 g/mol. The highest BCUT2D eigenvalue weighted by Gasteiger charge is 2.25. The highest BCUT2D eigenvalue weighted by atomic mass is 16.5. The van der Waals surface area contributed by atoms with Crippen LogP contribution in [0.1, 0.15) is 41.4 Å². The molecule has 1 fully saturated rings. The molecule has 3 heterocycles. The molecule has 2 aromatic heterocycles. The summed E-state index contributed by atoms with van der Waals surface area (Å²) < 4.78 is 10.8. The second-order valence-corrected chi connectivity index (χ2v) is 5.90. The lowest BCUT2D eigenvalue weighted by Crippen LogP contribution is -2.40. The third-order valence-corrected chi connectivity index (χ3v) is 4.37. The number of rotatable bonds is 6. The van der Waals surface area contributed by atoms with Crippen LogP contribution in [0.15, 0.2) is 41.1 Å². The Labute approximate surface area is 141 Å². The summed E-state index contributed by atoms with van der Waals surface area (Å²) >= 11 is 0. The molecule has 0 bridgehead atoms. The molecule has 1 saturated heterocycles. The maximum absolute atomic E-state index is 12.5. The fourth-order valence-corrected chi connectivity index (χ4v) is 3.13. The lowest BCUT2D eigenvalue weighted by atomic mass is 10.1. The van der Waals surface area contributed by atoms with Crippen LogP contribution in [0, 0.1) is 0 Å². The van der Waals surface area contributed by atoms with Crippen molar-refractivity contribution in [1.29, 1.82) is 0 Å². The number of carbonyl (C=O) groups is 1. The molecule has 1 amide bonds. The van der Waals surface area contributed by atoms with E-state index in [1.165, 1.54) is 26.4 Å². The van der Waals surface area contributed by atoms with E-state index in [0.29, 0.717) is 18.0 Å². The lowest BCUT2D eigenvalue weighted by Gasteiger charge is -2.33. The summed E-state index contributed by atoms with van der Waals surface area (Å²) in [4.78, 5) is 19.0. The van der Waals surface area contributed by atoms with Gasteiger partial charge in [-0.05, 0) is 50.2 Å². The van der Waals surface area contributed by atoms with Crippen LogP contribution in [-0.4, -0.2) is 42.5 Å². The Morgan fingerprint density at radius 1 is 1.33 bits per heavy atom. The first-order valence-corrected chi connectivity index (χ1v) is 8.34. The van der Waals surface area contributed by atoms with Crippen molar-refractivity contribution < 1.29 is 13.9 Å². The summed E-state index contributed by atoms with van der Waals surface area (Å²) in [5, 5.41) is 3.00. The van der Waals surface area contributed by atoms with Crippen LogP contribution in [0.4, 0.5) is 0 Å². The number of ether oxygens (including phenoxy) is 1. The molecule has 1 atom stereocenters. The first kappa shape index (κ1) is 16.5. The van der Waals surface area contributed by atoms with Gasteiger partial charge in [0.15, 0.2) is 0 Å². The van der Waals surface area contributed by atoms with Gasteiger partial charge in [-0.15, -0.1) is 0 Å². The third kappa shape index (κ3) is 3.76. The van der Waals surface area contributed by atoms with Crippen LogP contribution in [0.5, 0.6) is 5.88 Å². The smallest absolute Gasteiger partial charge is 0.256 e. The molecule has 24 heavy (non-hydrogen) atoms. The average Bonchev–Trinajstić information content (AvgIpc) is 3.17. The van der Waals surface area contributed by atoms with Gasteiger partial charge in [0.05, 0.1) is 19.4 Å². The number of hydrogen-bond donors (Lipinski definition) is 1. The molecule has 1 aliphatic heterocycles. The van der Waals surface area contributed by atoms with E-state index < -0.39 is 0 Å². The van der Waals surface area contributed by atoms with E-state index in [4.69, 9.17) is 9.15 Å². The van der Waals surface area contributed by atoms with Crippen molar-refractivity contribution in [3.63, 3.8) is 0 Å². The van der Waals surface area contributed by atoms with Crippen molar-refractivity contribution in [2.45, 2.75) is 25.3 Å². The highest BCUT2D eigenvalue weighted by Crippen LogP contribution is 2.24. The number of carbonyl (C=O) groups excluding carboxylic acids is 1. The number of amides is 1. The second-order valence-electron chi connectivity index (χ2n) is 5.90. The van der Waals surface area contributed by atoms with Crippen LogP contribution in [0.3, 0.4) is 0 Å². The SMILES string of the molecule is COc1ncccc1C(=O)NC[C@@H](c1ccco1)N1CCCCC1. The van der Waals surface area contributed by atoms with Crippen LogP contribution in [-0.2, 0) is 0 Å². The molecule has 1 aliphatic rings. The molecule has 0 aromatic carbocycles. The second kappa shape index (κ2) is 7.97. The molecule has 0 spiro atoms. The number of methoxy groups -OCH3 is 1. The molecule has 128 valence electrons. The molecule has 6 nitrogen and oxygen atoms in total. The largest absolute Gasteiger partial charge is 0.480 e. The molecule has 0 radical (unpaired) electrons. The van der Waals surface area contributed by atoms with Crippen molar-refractivity contribution >= 4 is 5.91 Å². The van der Waals surface area contributed by atoms with E-state index >= 15 is 0 Å². The van der Waals surface area contributed by atoms with Gasteiger partial charge in [0.2, 0.25) is 5.88 Å². The summed E-state index contributed by atoms with van der Waals surface area (Å²) in [7, 11) is 1.51. The first-order valence-electron chi connectivity index (χ1n) is 8.34. The molecule has 2 aromatic rings. The first-order chi connectivity index (χ1) is 11.8. The van der Waals surface area contributed by atoms with Crippen molar-refractivity contribution in [3.8, 4) is 5.88 Å². The van der Waals surface area contributed by atoms with E-state index in [1.54, 1.807) is 24.6 Å². The number of likely N-dealkylation sites (tertiary alicyclic amines) is 1. The van der Waals surface area contributed by atoms with Gasteiger partial charge in [0.25, 0.3) is 5.91 Å².